The van der Waals surface area contributed by atoms with Crippen molar-refractivity contribution in [2.75, 3.05) is 17.6 Å². The SMILES string of the molecule is CCc1nnc(NS(=O)(=O)CCCC(=O)OC)s1. The number of carbonyl (C=O) groups excluding carboxylic acids is 1. The molecule has 1 aromatic heterocycles. The van der Waals surface area contributed by atoms with Crippen LogP contribution in [0.5, 0.6) is 0 Å². The lowest BCUT2D eigenvalue weighted by Gasteiger charge is -2.03. The van der Waals surface area contributed by atoms with Crippen molar-refractivity contribution in [3.63, 3.8) is 0 Å². The van der Waals surface area contributed by atoms with Gasteiger partial charge in [-0.25, -0.2) is 8.42 Å². The number of hydrogen-bond acceptors (Lipinski definition) is 7. The van der Waals surface area contributed by atoms with Crippen LogP contribution in [-0.2, 0) is 26.0 Å². The van der Waals surface area contributed by atoms with Crippen LogP contribution in [0.4, 0.5) is 5.13 Å². The van der Waals surface area contributed by atoms with Crippen LogP contribution in [-0.4, -0.2) is 37.4 Å². The summed E-state index contributed by atoms with van der Waals surface area (Å²) in [6.07, 6.45) is 0.997. The fourth-order valence-electron chi connectivity index (χ4n) is 1.13. The van der Waals surface area contributed by atoms with E-state index in [0.29, 0.717) is 6.42 Å². The van der Waals surface area contributed by atoms with Crippen molar-refractivity contribution in [1.29, 1.82) is 0 Å². The molecule has 7 nitrogen and oxygen atoms in total. The molecule has 1 N–H and O–H groups in total. The topological polar surface area (TPSA) is 98.3 Å². The second-order valence-electron chi connectivity index (χ2n) is 3.46. The molecular weight excluding hydrogens is 278 g/mol. The van der Waals surface area contributed by atoms with Gasteiger partial charge in [0.2, 0.25) is 15.2 Å². The van der Waals surface area contributed by atoms with Crippen LogP contribution < -0.4 is 4.72 Å². The lowest BCUT2D eigenvalue weighted by atomic mass is 10.3. The minimum atomic E-state index is -3.48. The van der Waals surface area contributed by atoms with Crippen LogP contribution in [0.1, 0.15) is 24.8 Å². The maximum atomic E-state index is 11.6. The highest BCUT2D eigenvalue weighted by Gasteiger charge is 2.14. The number of carbonyl (C=O) groups is 1. The first-order valence-corrected chi connectivity index (χ1v) is 7.83. The average molecular weight is 293 g/mol. The molecule has 102 valence electrons. The predicted octanol–water partition coefficient (Wildman–Crippen LogP) is 0.795. The third kappa shape index (κ3) is 4.96. The van der Waals surface area contributed by atoms with Crippen molar-refractivity contribution in [2.24, 2.45) is 0 Å². The summed E-state index contributed by atoms with van der Waals surface area (Å²) in [7, 11) is -2.22. The Labute approximate surface area is 110 Å². The van der Waals surface area contributed by atoms with Crippen molar-refractivity contribution >= 4 is 32.5 Å². The molecule has 0 bridgehead atoms. The van der Waals surface area contributed by atoms with E-state index in [1.165, 1.54) is 18.4 Å². The normalized spacial score (nSPS) is 11.2. The van der Waals surface area contributed by atoms with E-state index in [2.05, 4.69) is 19.7 Å². The standard InChI is InChI=1S/C9H15N3O4S2/c1-3-7-10-11-9(17-7)12-18(14,15)6-4-5-8(13)16-2/h3-6H2,1-2H3,(H,11,12). The molecule has 18 heavy (non-hydrogen) atoms. The molecule has 1 heterocycles. The van der Waals surface area contributed by atoms with Crippen LogP contribution in [0.2, 0.25) is 0 Å². The number of methoxy groups -OCH3 is 1. The van der Waals surface area contributed by atoms with Crippen molar-refractivity contribution in [3.05, 3.63) is 5.01 Å². The molecule has 0 fully saturated rings. The molecule has 0 radical (unpaired) electrons. The Morgan fingerprint density at radius 2 is 2.17 bits per heavy atom. The molecule has 0 saturated heterocycles. The Bertz CT molecular complexity index is 498. The van der Waals surface area contributed by atoms with Gasteiger partial charge in [-0.15, -0.1) is 10.2 Å². The average Bonchev–Trinajstić information content (AvgIpc) is 2.75. The zero-order valence-electron chi connectivity index (χ0n) is 10.2. The smallest absolute Gasteiger partial charge is 0.305 e. The largest absolute Gasteiger partial charge is 0.469 e. The Hall–Kier alpha value is -1.22. The van der Waals surface area contributed by atoms with Gasteiger partial charge >= 0.3 is 5.97 Å². The van der Waals surface area contributed by atoms with Crippen LogP contribution in [0.3, 0.4) is 0 Å². The molecule has 0 spiro atoms. The van der Waals surface area contributed by atoms with Gasteiger partial charge in [-0.05, 0) is 12.8 Å². The fourth-order valence-corrected chi connectivity index (χ4v) is 3.14. The molecule has 0 unspecified atom stereocenters. The van der Waals surface area contributed by atoms with Crippen LogP contribution in [0, 0.1) is 0 Å². The minimum Gasteiger partial charge on any atom is -0.469 e. The van der Waals surface area contributed by atoms with E-state index in [1.807, 2.05) is 6.92 Å². The molecule has 1 rings (SSSR count). The van der Waals surface area contributed by atoms with Crippen LogP contribution in [0.25, 0.3) is 0 Å². The first-order valence-electron chi connectivity index (χ1n) is 5.36. The predicted molar refractivity (Wildman–Crippen MR) is 67.9 cm³/mol. The second-order valence-corrected chi connectivity index (χ2v) is 6.36. The third-order valence-electron chi connectivity index (χ3n) is 2.03. The highest BCUT2D eigenvalue weighted by molar-refractivity contribution is 7.92. The van der Waals surface area contributed by atoms with Crippen molar-refractivity contribution in [3.8, 4) is 0 Å². The molecule has 0 atom stereocenters. The van der Waals surface area contributed by atoms with E-state index in [-0.39, 0.29) is 23.7 Å². The Morgan fingerprint density at radius 3 is 2.72 bits per heavy atom. The monoisotopic (exact) mass is 293 g/mol. The minimum absolute atomic E-state index is 0.0771. The summed E-state index contributed by atoms with van der Waals surface area (Å²) in [5.41, 5.74) is 0. The third-order valence-corrected chi connectivity index (χ3v) is 4.48. The Kier molecular flexibility index (Phi) is 5.48. The number of aryl methyl sites for hydroxylation is 1. The highest BCUT2D eigenvalue weighted by Crippen LogP contribution is 2.17. The quantitative estimate of drug-likeness (QED) is 0.746. The molecule has 0 aliphatic rings. The number of sulfonamides is 1. The molecule has 0 saturated carbocycles. The fraction of sp³-hybridized carbons (Fsp3) is 0.667. The molecule has 0 aliphatic heterocycles. The Balaban J connectivity index is 2.46. The first kappa shape index (κ1) is 14.8. The summed E-state index contributed by atoms with van der Waals surface area (Å²) in [6.45, 7) is 1.91. The van der Waals surface area contributed by atoms with Crippen molar-refractivity contribution < 1.29 is 17.9 Å². The number of ether oxygens (including phenoxy) is 1. The Morgan fingerprint density at radius 1 is 1.44 bits per heavy atom. The lowest BCUT2D eigenvalue weighted by molar-refractivity contribution is -0.140. The van der Waals surface area contributed by atoms with Gasteiger partial charge in [-0.2, -0.15) is 0 Å². The van der Waals surface area contributed by atoms with Gasteiger partial charge in [0, 0.05) is 6.42 Å². The zero-order chi connectivity index (χ0) is 13.6. The van der Waals surface area contributed by atoms with Crippen LogP contribution in [0.15, 0.2) is 0 Å². The summed E-state index contributed by atoms with van der Waals surface area (Å²) in [5.74, 6) is -0.572. The summed E-state index contributed by atoms with van der Waals surface area (Å²) in [5, 5.41) is 8.55. The summed E-state index contributed by atoms with van der Waals surface area (Å²) >= 11 is 1.20. The maximum absolute atomic E-state index is 11.6. The summed E-state index contributed by atoms with van der Waals surface area (Å²) in [6, 6.07) is 0. The first-order chi connectivity index (χ1) is 8.46. The molecular formula is C9H15N3O4S2. The van der Waals surface area contributed by atoms with Gasteiger partial charge in [-0.1, -0.05) is 18.3 Å². The van der Waals surface area contributed by atoms with Crippen molar-refractivity contribution in [2.45, 2.75) is 26.2 Å². The van der Waals surface area contributed by atoms with Gasteiger partial charge in [0.25, 0.3) is 0 Å². The van der Waals surface area contributed by atoms with E-state index in [4.69, 9.17) is 0 Å². The van der Waals surface area contributed by atoms with Gasteiger partial charge in [-0.3, -0.25) is 9.52 Å². The highest BCUT2D eigenvalue weighted by atomic mass is 32.2. The van der Waals surface area contributed by atoms with Crippen molar-refractivity contribution in [1.82, 2.24) is 10.2 Å². The molecule has 9 heteroatoms. The molecule has 1 aromatic rings. The number of hydrogen-bond donors (Lipinski definition) is 1. The number of esters is 1. The van der Waals surface area contributed by atoms with E-state index in [0.717, 1.165) is 5.01 Å². The van der Waals surface area contributed by atoms with Gasteiger partial charge < -0.3 is 4.74 Å². The molecule has 0 aliphatic carbocycles. The van der Waals surface area contributed by atoms with Crippen LogP contribution >= 0.6 is 11.3 Å². The van der Waals surface area contributed by atoms with Gasteiger partial charge in [0.1, 0.15) is 5.01 Å². The molecule has 0 aromatic carbocycles. The second kappa shape index (κ2) is 6.64. The number of nitrogens with zero attached hydrogens (tertiary/aromatic N) is 2. The number of aromatic nitrogens is 2. The van der Waals surface area contributed by atoms with E-state index >= 15 is 0 Å². The summed E-state index contributed by atoms with van der Waals surface area (Å²) < 4.78 is 30.0. The molecule has 0 amide bonds. The number of nitrogens with one attached hydrogen (secondary N) is 1. The van der Waals surface area contributed by atoms with E-state index < -0.39 is 16.0 Å². The van der Waals surface area contributed by atoms with Gasteiger partial charge in [0.15, 0.2) is 0 Å². The van der Waals surface area contributed by atoms with E-state index in [1.54, 1.807) is 0 Å². The maximum Gasteiger partial charge on any atom is 0.305 e. The summed E-state index contributed by atoms with van der Waals surface area (Å²) in [4.78, 5) is 10.8. The van der Waals surface area contributed by atoms with E-state index in [9.17, 15) is 13.2 Å². The zero-order valence-corrected chi connectivity index (χ0v) is 11.8. The van der Waals surface area contributed by atoms with Gasteiger partial charge in [0.05, 0.1) is 12.9 Å². The number of rotatable bonds is 7. The number of anilines is 1. The lowest BCUT2D eigenvalue weighted by Crippen LogP contribution is -2.17.